The molecule has 9 nitrogen and oxygen atoms in total. The Morgan fingerprint density at radius 1 is 1.06 bits per heavy atom. The molecule has 10 heteroatoms. The molecule has 172 valence electrons. The third-order valence-electron chi connectivity index (χ3n) is 4.80. The van der Waals surface area contributed by atoms with Crippen LogP contribution in [0.4, 0.5) is 11.4 Å². The minimum Gasteiger partial charge on any atom is -0.492 e. The first-order valence-corrected chi connectivity index (χ1v) is 11.5. The number of sulfonamides is 1. The highest BCUT2D eigenvalue weighted by Gasteiger charge is 2.22. The van der Waals surface area contributed by atoms with Gasteiger partial charge in [0.05, 0.1) is 27.6 Å². The summed E-state index contributed by atoms with van der Waals surface area (Å²) in [6, 6.07) is 18.4. The van der Waals surface area contributed by atoms with Gasteiger partial charge in [-0.15, -0.1) is 0 Å². The van der Waals surface area contributed by atoms with Crippen molar-refractivity contribution in [2.75, 3.05) is 24.9 Å². The second-order valence-electron chi connectivity index (χ2n) is 7.29. The molecular weight excluding hydrogens is 446 g/mol. The third kappa shape index (κ3) is 6.07. The van der Waals surface area contributed by atoms with Crippen LogP contribution in [0.3, 0.4) is 0 Å². The second kappa shape index (κ2) is 10.1. The summed E-state index contributed by atoms with van der Waals surface area (Å²) in [6.07, 6.45) is 0. The maximum atomic E-state index is 13.0. The molecule has 0 bridgehead atoms. The van der Waals surface area contributed by atoms with Gasteiger partial charge in [-0.1, -0.05) is 35.9 Å². The van der Waals surface area contributed by atoms with Crippen LogP contribution in [0.15, 0.2) is 77.7 Å². The number of carbonyl (C=O) groups excluding carboxylic acids is 1. The highest BCUT2D eigenvalue weighted by Crippen LogP contribution is 2.23. The van der Waals surface area contributed by atoms with E-state index in [1.807, 2.05) is 31.2 Å². The highest BCUT2D eigenvalue weighted by atomic mass is 32.2. The fourth-order valence-corrected chi connectivity index (χ4v) is 4.09. The van der Waals surface area contributed by atoms with Crippen LogP contribution in [0, 0.1) is 17.0 Å². The Kier molecular flexibility index (Phi) is 7.29. The molecule has 3 rings (SSSR count). The number of nitrogens with zero attached hydrogens (tertiary/aromatic N) is 2. The van der Waals surface area contributed by atoms with Crippen molar-refractivity contribution in [2.45, 2.75) is 11.8 Å². The van der Waals surface area contributed by atoms with Gasteiger partial charge in [0, 0.05) is 19.2 Å². The monoisotopic (exact) mass is 469 g/mol. The Balaban J connectivity index is 1.72. The number of benzene rings is 3. The number of hydrogen-bond donors (Lipinski definition) is 1. The molecular formula is C23H23N3O6S. The van der Waals surface area contributed by atoms with E-state index in [1.54, 1.807) is 19.2 Å². The molecule has 1 amide bonds. The van der Waals surface area contributed by atoms with Crippen LogP contribution >= 0.6 is 0 Å². The van der Waals surface area contributed by atoms with E-state index in [1.165, 1.54) is 35.2 Å². The zero-order chi connectivity index (χ0) is 24.0. The van der Waals surface area contributed by atoms with Crippen LogP contribution in [0.5, 0.6) is 5.75 Å². The molecule has 0 aliphatic heterocycles. The maximum Gasteiger partial charge on any atom is 0.270 e. The van der Waals surface area contributed by atoms with Gasteiger partial charge in [0.25, 0.3) is 21.6 Å². The van der Waals surface area contributed by atoms with Gasteiger partial charge in [-0.25, -0.2) is 8.42 Å². The van der Waals surface area contributed by atoms with Crippen molar-refractivity contribution >= 4 is 27.3 Å². The summed E-state index contributed by atoms with van der Waals surface area (Å²) in [5, 5.41) is 11.0. The number of nitro groups is 1. The average Bonchev–Trinajstić information content (AvgIpc) is 2.80. The SMILES string of the molecule is Cc1ccc(OCCN(C)C(=O)c2ccccc2NS(=O)(=O)c2cccc([N+](=O)[O-])c2)cc1. The largest absolute Gasteiger partial charge is 0.492 e. The molecule has 1 N–H and O–H groups in total. The number of carbonyl (C=O) groups is 1. The Labute approximate surface area is 191 Å². The first-order chi connectivity index (χ1) is 15.7. The molecule has 33 heavy (non-hydrogen) atoms. The van der Waals surface area contributed by atoms with Gasteiger partial charge in [0.1, 0.15) is 12.4 Å². The molecule has 0 unspecified atom stereocenters. The number of nitrogens with one attached hydrogen (secondary N) is 1. The van der Waals surface area contributed by atoms with Gasteiger partial charge in [0.2, 0.25) is 0 Å². The lowest BCUT2D eigenvalue weighted by atomic mass is 10.1. The molecule has 0 atom stereocenters. The van der Waals surface area contributed by atoms with E-state index in [0.29, 0.717) is 5.75 Å². The van der Waals surface area contributed by atoms with Gasteiger partial charge >= 0.3 is 0 Å². The summed E-state index contributed by atoms with van der Waals surface area (Å²) in [7, 11) is -2.57. The smallest absolute Gasteiger partial charge is 0.270 e. The molecule has 3 aromatic carbocycles. The van der Waals surface area contributed by atoms with Crippen molar-refractivity contribution in [3.05, 3.63) is 94.0 Å². The van der Waals surface area contributed by atoms with Gasteiger partial charge < -0.3 is 9.64 Å². The fraction of sp³-hybridized carbons (Fsp3) is 0.174. The Morgan fingerprint density at radius 2 is 1.76 bits per heavy atom. The number of nitro benzene ring substituents is 1. The number of amides is 1. The fourth-order valence-electron chi connectivity index (χ4n) is 2.97. The zero-order valence-electron chi connectivity index (χ0n) is 18.1. The number of likely N-dealkylation sites (N-methyl/N-ethyl adjacent to an activating group) is 1. The summed E-state index contributed by atoms with van der Waals surface area (Å²) in [4.78, 5) is 24.4. The second-order valence-corrected chi connectivity index (χ2v) is 8.98. The lowest BCUT2D eigenvalue weighted by Gasteiger charge is -2.20. The Morgan fingerprint density at radius 3 is 2.45 bits per heavy atom. The van der Waals surface area contributed by atoms with Crippen LogP contribution < -0.4 is 9.46 Å². The summed E-state index contributed by atoms with van der Waals surface area (Å²) in [5.74, 6) is 0.284. The predicted molar refractivity (Wildman–Crippen MR) is 124 cm³/mol. The summed E-state index contributed by atoms with van der Waals surface area (Å²) in [6.45, 7) is 2.51. The van der Waals surface area contributed by atoms with Crippen molar-refractivity contribution in [3.8, 4) is 5.75 Å². The maximum absolute atomic E-state index is 13.0. The predicted octanol–water partition coefficient (Wildman–Crippen LogP) is 3.86. The van der Waals surface area contributed by atoms with Gasteiger partial charge in [-0.05, 0) is 37.3 Å². The molecule has 0 fully saturated rings. The molecule has 0 radical (unpaired) electrons. The van der Waals surface area contributed by atoms with Crippen LogP contribution in [0.25, 0.3) is 0 Å². The average molecular weight is 470 g/mol. The van der Waals surface area contributed by atoms with E-state index >= 15 is 0 Å². The number of ether oxygens (including phenoxy) is 1. The van der Waals surface area contributed by atoms with E-state index in [9.17, 15) is 23.3 Å². The minimum atomic E-state index is -4.16. The molecule has 0 aromatic heterocycles. The number of non-ortho nitro benzene ring substituents is 1. The standard InChI is InChI=1S/C23H23N3O6S/c1-17-10-12-19(13-11-17)32-15-14-25(2)23(27)21-8-3-4-9-22(21)24-33(30,31)20-7-5-6-18(16-20)26(28)29/h3-13,16,24H,14-15H2,1-2H3. The number of para-hydroxylation sites is 1. The minimum absolute atomic E-state index is 0.0697. The molecule has 0 aliphatic carbocycles. The van der Waals surface area contributed by atoms with Crippen molar-refractivity contribution in [2.24, 2.45) is 0 Å². The lowest BCUT2D eigenvalue weighted by molar-refractivity contribution is -0.385. The number of aryl methyl sites for hydroxylation is 1. The normalized spacial score (nSPS) is 11.0. The van der Waals surface area contributed by atoms with Crippen molar-refractivity contribution < 1.29 is 22.9 Å². The van der Waals surface area contributed by atoms with Crippen molar-refractivity contribution in [1.29, 1.82) is 0 Å². The summed E-state index contributed by atoms with van der Waals surface area (Å²) < 4.78 is 33.6. The Hall–Kier alpha value is -3.92. The molecule has 0 aliphatic rings. The number of rotatable bonds is 9. The summed E-state index contributed by atoms with van der Waals surface area (Å²) in [5.41, 5.74) is 0.971. The highest BCUT2D eigenvalue weighted by molar-refractivity contribution is 7.92. The molecule has 0 saturated heterocycles. The van der Waals surface area contributed by atoms with E-state index in [4.69, 9.17) is 4.74 Å². The van der Waals surface area contributed by atoms with E-state index in [0.717, 1.165) is 11.6 Å². The molecule has 0 spiro atoms. The first-order valence-electron chi connectivity index (χ1n) is 9.98. The van der Waals surface area contributed by atoms with E-state index in [-0.39, 0.29) is 35.0 Å². The topological polar surface area (TPSA) is 119 Å². The lowest BCUT2D eigenvalue weighted by Crippen LogP contribution is -2.31. The molecule has 0 heterocycles. The van der Waals surface area contributed by atoms with Crippen LogP contribution in [0.1, 0.15) is 15.9 Å². The van der Waals surface area contributed by atoms with Crippen LogP contribution in [0.2, 0.25) is 0 Å². The van der Waals surface area contributed by atoms with Gasteiger partial charge in [0.15, 0.2) is 0 Å². The van der Waals surface area contributed by atoms with Crippen molar-refractivity contribution in [3.63, 3.8) is 0 Å². The van der Waals surface area contributed by atoms with Crippen LogP contribution in [-0.2, 0) is 10.0 Å². The number of hydrogen-bond acceptors (Lipinski definition) is 6. The molecule has 3 aromatic rings. The third-order valence-corrected chi connectivity index (χ3v) is 6.17. The molecule has 0 saturated carbocycles. The van der Waals surface area contributed by atoms with Crippen LogP contribution in [-0.4, -0.2) is 44.3 Å². The quantitative estimate of drug-likeness (QED) is 0.376. The van der Waals surface area contributed by atoms with E-state index < -0.39 is 20.9 Å². The van der Waals surface area contributed by atoms with E-state index in [2.05, 4.69) is 4.72 Å². The van der Waals surface area contributed by atoms with Gasteiger partial charge in [-0.2, -0.15) is 0 Å². The first kappa shape index (κ1) is 23.7. The zero-order valence-corrected chi connectivity index (χ0v) is 18.9. The Bertz CT molecular complexity index is 1260. The number of anilines is 1. The van der Waals surface area contributed by atoms with Crippen molar-refractivity contribution in [1.82, 2.24) is 4.90 Å². The summed E-state index contributed by atoms with van der Waals surface area (Å²) >= 11 is 0. The van der Waals surface area contributed by atoms with Gasteiger partial charge in [-0.3, -0.25) is 19.6 Å².